The van der Waals surface area contributed by atoms with Crippen molar-refractivity contribution in [2.75, 3.05) is 0 Å². The number of ether oxygens (including phenoxy) is 2. The fourth-order valence-electron chi connectivity index (χ4n) is 8.77. The van der Waals surface area contributed by atoms with Crippen LogP contribution in [0.1, 0.15) is 171 Å². The summed E-state index contributed by atoms with van der Waals surface area (Å²) in [4.78, 5) is 28.1. The largest absolute Gasteiger partial charge is 0.385 e. The number of fused-ring (bicyclic) bond motifs is 2. The highest BCUT2D eigenvalue weighted by Crippen LogP contribution is 2.43. The summed E-state index contributed by atoms with van der Waals surface area (Å²) in [6.07, 6.45) is 0.820. The molecule has 0 saturated carbocycles. The highest BCUT2D eigenvalue weighted by atomic mass is 32.2. The molecule has 6 N–H and O–H groups in total. The Bertz CT molecular complexity index is 2750. The van der Waals surface area contributed by atoms with Gasteiger partial charge in [-0.1, -0.05) is 53.7 Å². The fraction of sp³-hybridized carbons (Fsp3) is 0.522. The summed E-state index contributed by atoms with van der Waals surface area (Å²) in [6.45, 7) is 19.7. The summed E-state index contributed by atoms with van der Waals surface area (Å²) in [5, 5.41) is 33.0. The molecule has 0 spiro atoms. The molecule has 4 heterocycles. The van der Waals surface area contributed by atoms with Crippen molar-refractivity contribution in [3.63, 3.8) is 0 Å². The number of aliphatic hydroxyl groups is 2. The van der Waals surface area contributed by atoms with Crippen LogP contribution in [0.2, 0.25) is 0 Å². The standard InChI is InChI=1S/C46H60F2N4O8S4/c1-23(2)29-13-27-19-60-22-34(27)42(31(29)15-39(53)51-63(49,57)43-35(47)17-37(61-43)45(7,8)55)26(6)12-11-25(5)30-14-28-20-59-21-33(28)41(24(3)4)32(30)16-40(54)52-64(50,58)44-36(48)18-38(62-44)46(9,10)56/h13-14,17-18,23-26,55-56H,11-12,15-16,19-22H2,1-10H3,(H2,49,51,53,57)(H2,50,52,54,58). The van der Waals surface area contributed by atoms with E-state index in [1.54, 1.807) is 0 Å². The molecule has 18 heteroatoms. The van der Waals surface area contributed by atoms with Gasteiger partial charge in [0, 0.05) is 9.75 Å². The van der Waals surface area contributed by atoms with Gasteiger partial charge in [-0.15, -0.1) is 31.4 Å². The van der Waals surface area contributed by atoms with E-state index in [9.17, 15) is 28.2 Å². The second-order valence-corrected chi connectivity index (χ2v) is 24.8. The molecule has 4 atom stereocenters. The molecule has 2 amide bonds. The third-order valence-corrected chi connectivity index (χ3v) is 18.6. The summed E-state index contributed by atoms with van der Waals surface area (Å²) in [6, 6.07) is 6.24. The summed E-state index contributed by atoms with van der Waals surface area (Å²) in [7, 11) is -7.99. The summed E-state index contributed by atoms with van der Waals surface area (Å²) < 4.78 is 76.3. The number of carbonyl (C=O) groups is 2. The van der Waals surface area contributed by atoms with E-state index in [1.807, 2.05) is 27.7 Å². The van der Waals surface area contributed by atoms with E-state index in [-0.39, 0.29) is 46.3 Å². The lowest BCUT2D eigenvalue weighted by molar-refractivity contribution is -0.117. The Morgan fingerprint density at radius 1 is 0.672 bits per heavy atom. The zero-order chi connectivity index (χ0) is 47.4. The van der Waals surface area contributed by atoms with Crippen LogP contribution in [-0.4, -0.2) is 30.4 Å². The van der Waals surface area contributed by atoms with E-state index in [0.717, 1.165) is 90.4 Å². The third-order valence-electron chi connectivity index (χ3n) is 11.9. The Kier molecular flexibility index (Phi) is 14.7. The van der Waals surface area contributed by atoms with Gasteiger partial charge in [-0.2, -0.15) is 0 Å². The van der Waals surface area contributed by atoms with Crippen molar-refractivity contribution in [1.82, 2.24) is 0 Å². The van der Waals surface area contributed by atoms with Crippen LogP contribution in [0.5, 0.6) is 0 Å². The van der Waals surface area contributed by atoms with E-state index in [0.29, 0.717) is 39.3 Å². The Morgan fingerprint density at radius 3 is 1.48 bits per heavy atom. The number of halogens is 2. The minimum atomic E-state index is -3.99. The molecule has 0 aliphatic carbocycles. The second kappa shape index (κ2) is 18.8. The fourth-order valence-corrected chi connectivity index (χ4v) is 13.6. The molecule has 64 heavy (non-hydrogen) atoms. The van der Waals surface area contributed by atoms with Crippen LogP contribution in [0.3, 0.4) is 0 Å². The average molecular weight is 963 g/mol. The van der Waals surface area contributed by atoms with E-state index < -0.39 is 62.9 Å². The van der Waals surface area contributed by atoms with Gasteiger partial charge in [0.25, 0.3) is 11.8 Å². The van der Waals surface area contributed by atoms with E-state index >= 15 is 8.78 Å². The number of hydrogen-bond acceptors (Lipinski definition) is 10. The Morgan fingerprint density at radius 2 is 1.08 bits per heavy atom. The first-order valence-corrected chi connectivity index (χ1v) is 26.1. The summed E-state index contributed by atoms with van der Waals surface area (Å²) in [5.74, 6) is -3.62. The first kappa shape index (κ1) is 50.1. The maximum absolute atomic E-state index is 15.1. The van der Waals surface area contributed by atoms with Crippen molar-refractivity contribution in [2.24, 2.45) is 19.0 Å². The van der Waals surface area contributed by atoms with Gasteiger partial charge in [0.05, 0.1) is 50.5 Å². The van der Waals surface area contributed by atoms with Gasteiger partial charge < -0.3 is 19.7 Å². The molecule has 4 aromatic rings. The van der Waals surface area contributed by atoms with Crippen LogP contribution in [-0.2, 0) is 89.4 Å². The molecule has 0 radical (unpaired) electrons. The van der Waals surface area contributed by atoms with Crippen molar-refractivity contribution in [3.8, 4) is 0 Å². The SMILES string of the molecule is CC(C)c1cc2c(c(C(C)CCC(C)c3cc4c(c(C(C)C)c3CC(=O)N=S(N)(=O)c3sc(C(C)(C)O)cc3F)COC4)c1CC(=O)N=S(N)(=O)c1sc(C(C)(C)O)cc1F)COC2. The second-order valence-electron chi connectivity index (χ2n) is 18.7. The van der Waals surface area contributed by atoms with Crippen LogP contribution in [0.4, 0.5) is 8.78 Å². The monoisotopic (exact) mass is 962 g/mol. The molecule has 6 rings (SSSR count). The predicted molar refractivity (Wildman–Crippen MR) is 247 cm³/mol. The summed E-state index contributed by atoms with van der Waals surface area (Å²) in [5.41, 5.74) is 6.36. The third kappa shape index (κ3) is 10.6. The van der Waals surface area contributed by atoms with Crippen LogP contribution in [0, 0.1) is 11.6 Å². The highest BCUT2D eigenvalue weighted by molar-refractivity contribution is 7.94. The molecule has 350 valence electrons. The molecule has 0 bridgehead atoms. The molecule has 2 aliphatic heterocycles. The van der Waals surface area contributed by atoms with Crippen molar-refractivity contribution >= 4 is 54.3 Å². The van der Waals surface area contributed by atoms with Gasteiger partial charge in [0.2, 0.25) is 0 Å². The molecule has 2 aromatic carbocycles. The number of nitrogens with zero attached hydrogens (tertiary/aromatic N) is 2. The number of benzene rings is 2. The van der Waals surface area contributed by atoms with Crippen molar-refractivity contribution in [1.29, 1.82) is 0 Å². The van der Waals surface area contributed by atoms with Crippen molar-refractivity contribution in [3.05, 3.63) is 101 Å². The topological polar surface area (TPSA) is 204 Å². The van der Waals surface area contributed by atoms with E-state index in [4.69, 9.17) is 19.8 Å². The lowest BCUT2D eigenvalue weighted by Gasteiger charge is -2.27. The minimum Gasteiger partial charge on any atom is -0.385 e. The molecule has 0 saturated heterocycles. The molecule has 2 aliphatic rings. The Hall–Kier alpha value is -3.30. The first-order chi connectivity index (χ1) is 29.6. The van der Waals surface area contributed by atoms with Crippen LogP contribution < -0.4 is 10.3 Å². The van der Waals surface area contributed by atoms with E-state index in [1.165, 1.54) is 27.7 Å². The Labute approximate surface area is 383 Å². The van der Waals surface area contributed by atoms with Gasteiger partial charge in [0.15, 0.2) is 39.9 Å². The van der Waals surface area contributed by atoms with Crippen LogP contribution >= 0.6 is 22.7 Å². The zero-order valence-electron chi connectivity index (χ0n) is 38.1. The highest BCUT2D eigenvalue weighted by Gasteiger charge is 2.32. The normalized spacial score (nSPS) is 17.0. The Balaban J connectivity index is 1.34. The number of thiophene rings is 2. The smallest absolute Gasteiger partial charge is 0.259 e. The average Bonchev–Trinajstić information content (AvgIpc) is 3.98. The predicted octanol–water partition coefficient (Wildman–Crippen LogP) is 9.48. The number of nitrogens with two attached hydrogens (primary N) is 2. The maximum atomic E-state index is 15.1. The van der Waals surface area contributed by atoms with Crippen LogP contribution in [0.15, 0.2) is 41.4 Å². The number of carbonyl (C=O) groups excluding carboxylic acids is 2. The van der Waals surface area contributed by atoms with Crippen molar-refractivity contribution in [2.45, 2.75) is 165 Å². The molecular weight excluding hydrogens is 903 g/mol. The molecule has 4 unspecified atom stereocenters. The molecule has 2 aromatic heterocycles. The molecular formula is C46H60F2N4O8S4. The lowest BCUT2D eigenvalue weighted by Crippen LogP contribution is -2.18. The van der Waals surface area contributed by atoms with Gasteiger partial charge in [0.1, 0.15) is 0 Å². The quantitative estimate of drug-likeness (QED) is 0.0901. The van der Waals surface area contributed by atoms with Gasteiger partial charge in [-0.05, 0) is 132 Å². The molecule has 12 nitrogen and oxygen atoms in total. The van der Waals surface area contributed by atoms with Gasteiger partial charge >= 0.3 is 0 Å². The van der Waals surface area contributed by atoms with Crippen LogP contribution in [0.25, 0.3) is 0 Å². The maximum Gasteiger partial charge on any atom is 0.259 e. The minimum absolute atomic E-state index is 0.0124. The molecule has 0 fully saturated rings. The zero-order valence-corrected chi connectivity index (χ0v) is 41.3. The number of hydrogen-bond donors (Lipinski definition) is 4. The number of amides is 2. The number of rotatable bonds is 15. The first-order valence-electron chi connectivity index (χ1n) is 21.3. The summed E-state index contributed by atoms with van der Waals surface area (Å²) >= 11 is 1.44. The van der Waals surface area contributed by atoms with Crippen molar-refractivity contribution < 1.29 is 46.5 Å². The lowest BCUT2D eigenvalue weighted by atomic mass is 9.77. The van der Waals surface area contributed by atoms with Gasteiger partial charge in [-0.25, -0.2) is 27.5 Å². The van der Waals surface area contributed by atoms with E-state index in [2.05, 4.69) is 34.7 Å². The van der Waals surface area contributed by atoms with Gasteiger partial charge in [-0.3, -0.25) is 9.59 Å².